The van der Waals surface area contributed by atoms with Gasteiger partial charge >= 0.3 is 15.2 Å². The van der Waals surface area contributed by atoms with Crippen LogP contribution in [0, 0.1) is 0 Å². The molecular weight excluding hydrogens is 1020 g/mol. The summed E-state index contributed by atoms with van der Waals surface area (Å²) >= 11 is 0. The van der Waals surface area contributed by atoms with E-state index in [4.69, 9.17) is 37.5 Å². The smallest absolute Gasteiger partial charge is 0.357 e. The zero-order chi connectivity index (χ0) is 53.8. The SMILES string of the molecule is O=P(O)(O[C@@H]1[C@@H](OCc2ccccc2)[C@H](OCc2ccccc2)[C@@H](OCc2ccccc2)[C@H](OCc2ccccc2)[C@@H]1OP(=O)(O)C(Cc1ccccc1)OCc1ccccc1)C(Cc1ccccc1)OCc1ccccc1. The topological polar surface area (TPSA) is 148 Å². The fourth-order valence-corrected chi connectivity index (χ4v) is 12.2. The third-order valence-corrected chi connectivity index (χ3v) is 16.6. The molecule has 0 heterocycles. The van der Waals surface area contributed by atoms with Gasteiger partial charge in [0.1, 0.15) is 36.6 Å². The van der Waals surface area contributed by atoms with Crippen molar-refractivity contribution in [2.75, 3.05) is 0 Å². The number of rotatable bonds is 28. The average Bonchev–Trinajstić information content (AvgIpc) is 3.49. The van der Waals surface area contributed by atoms with Gasteiger partial charge in [0.25, 0.3) is 0 Å². The Balaban J connectivity index is 1.20. The Labute approximate surface area is 457 Å². The van der Waals surface area contributed by atoms with Gasteiger partial charge in [0.15, 0.2) is 11.7 Å². The van der Waals surface area contributed by atoms with Gasteiger partial charge in [-0.05, 0) is 44.5 Å². The van der Waals surface area contributed by atoms with Crippen molar-refractivity contribution < 1.29 is 56.4 Å². The molecule has 2 N–H and O–H groups in total. The maximum Gasteiger partial charge on any atom is 0.357 e. The van der Waals surface area contributed by atoms with E-state index in [1.54, 1.807) is 0 Å². The minimum atomic E-state index is -5.07. The van der Waals surface area contributed by atoms with Crippen LogP contribution in [0.4, 0.5) is 0 Å². The van der Waals surface area contributed by atoms with Crippen LogP contribution in [-0.4, -0.2) is 58.1 Å². The molecule has 0 spiro atoms. The maximum atomic E-state index is 15.8. The summed E-state index contributed by atoms with van der Waals surface area (Å²) in [6.45, 7) is -0.0413. The van der Waals surface area contributed by atoms with E-state index in [2.05, 4.69) is 0 Å². The van der Waals surface area contributed by atoms with Crippen molar-refractivity contribution in [2.45, 2.75) is 101 Å². The highest BCUT2D eigenvalue weighted by molar-refractivity contribution is 7.53. The molecule has 1 aliphatic rings. The lowest BCUT2D eigenvalue weighted by Gasteiger charge is -2.50. The molecule has 4 unspecified atom stereocenters. The van der Waals surface area contributed by atoms with Crippen LogP contribution in [0.5, 0.6) is 0 Å². The zero-order valence-corrected chi connectivity index (χ0v) is 45.0. The highest BCUT2D eigenvalue weighted by Gasteiger charge is 2.59. The first kappa shape index (κ1) is 56.5. The van der Waals surface area contributed by atoms with Gasteiger partial charge < -0.3 is 38.2 Å². The monoisotopic (exact) mass is 1090 g/mol. The highest BCUT2D eigenvalue weighted by Crippen LogP contribution is 2.57. The minimum absolute atomic E-state index is 0.0302. The van der Waals surface area contributed by atoms with Crippen molar-refractivity contribution in [3.63, 3.8) is 0 Å². The van der Waals surface area contributed by atoms with Gasteiger partial charge in [0, 0.05) is 12.8 Å². The predicted octanol–water partition coefficient (Wildman–Crippen LogP) is 13.1. The lowest BCUT2D eigenvalue weighted by molar-refractivity contribution is -0.267. The molecule has 14 heteroatoms. The van der Waals surface area contributed by atoms with Gasteiger partial charge in [-0.2, -0.15) is 0 Å². The fraction of sp³-hybridized carbons (Fsp3) is 0.250. The van der Waals surface area contributed by atoms with Crippen molar-refractivity contribution in [3.8, 4) is 0 Å². The van der Waals surface area contributed by atoms with Crippen molar-refractivity contribution >= 4 is 15.2 Å². The van der Waals surface area contributed by atoms with Gasteiger partial charge in [-0.15, -0.1) is 0 Å². The molecule has 0 bridgehead atoms. The van der Waals surface area contributed by atoms with Gasteiger partial charge in [-0.1, -0.05) is 243 Å². The van der Waals surface area contributed by atoms with Gasteiger partial charge in [-0.3, -0.25) is 18.2 Å². The molecule has 9 rings (SSSR count). The molecule has 8 aromatic rings. The van der Waals surface area contributed by atoms with Crippen LogP contribution in [0.3, 0.4) is 0 Å². The van der Waals surface area contributed by atoms with Crippen LogP contribution in [0.25, 0.3) is 0 Å². The summed E-state index contributed by atoms with van der Waals surface area (Å²) in [7, 11) is -10.1. The first-order chi connectivity index (χ1) is 38.2. The lowest BCUT2D eigenvalue weighted by atomic mass is 9.84. The van der Waals surface area contributed by atoms with Crippen LogP contribution in [0.15, 0.2) is 243 Å². The standard InChI is InChI=1S/C64H66O12P2/c65-77(66,57(41-49-25-9-1-10-26-49)69-43-51-29-13-3-14-30-51)75-63-61(73-47-55-37-21-7-22-38-55)59(71-45-53-33-17-5-18-34-53)60(72-46-54-35-19-6-20-36-54)62(74-48-56-39-23-8-24-40-56)64(63)76-78(67,68)58(42-50-27-11-2-12-28-50)70-44-52-31-15-4-16-32-52/h1-40,57-64H,41-48H2,(H,65,66)(H,67,68)/t57?,58?,59-,60-,61+,62+,63-,64+/m1/s1. The van der Waals surface area contributed by atoms with E-state index in [1.807, 2.05) is 243 Å². The maximum absolute atomic E-state index is 15.8. The van der Waals surface area contributed by atoms with Gasteiger partial charge in [-0.25, -0.2) is 0 Å². The molecule has 12 nitrogen and oxygen atoms in total. The Morgan fingerprint density at radius 1 is 0.282 bits per heavy atom. The first-order valence-electron chi connectivity index (χ1n) is 26.2. The second-order valence-corrected chi connectivity index (χ2v) is 23.0. The van der Waals surface area contributed by atoms with Crippen molar-refractivity contribution in [1.82, 2.24) is 0 Å². The third kappa shape index (κ3) is 16.4. The van der Waals surface area contributed by atoms with Crippen LogP contribution >= 0.6 is 15.2 Å². The quantitative estimate of drug-likeness (QED) is 0.0450. The van der Waals surface area contributed by atoms with E-state index >= 15 is 9.13 Å². The summed E-state index contributed by atoms with van der Waals surface area (Å²) in [6.07, 6.45) is -8.43. The molecule has 404 valence electrons. The molecule has 0 aliphatic heterocycles. The van der Waals surface area contributed by atoms with E-state index in [-0.39, 0.29) is 52.5 Å². The Kier molecular flexibility index (Phi) is 20.7. The number of benzene rings is 8. The minimum Gasteiger partial charge on any atom is -0.368 e. The average molecular weight is 1090 g/mol. The molecular formula is C64H66O12P2. The normalized spacial score (nSPS) is 20.7. The first-order valence-corrected chi connectivity index (χ1v) is 29.5. The molecule has 0 radical (unpaired) electrons. The zero-order valence-electron chi connectivity index (χ0n) is 43.2. The summed E-state index contributed by atoms with van der Waals surface area (Å²) in [6, 6.07) is 75.2. The van der Waals surface area contributed by atoms with Crippen LogP contribution in [0.1, 0.15) is 44.5 Å². The largest absolute Gasteiger partial charge is 0.368 e. The summed E-state index contributed by atoms with van der Waals surface area (Å²) < 4.78 is 86.2. The summed E-state index contributed by atoms with van der Waals surface area (Å²) in [5, 5.41) is 0. The summed E-state index contributed by atoms with van der Waals surface area (Å²) in [4.78, 5) is 25.7. The van der Waals surface area contributed by atoms with Crippen LogP contribution in [0.2, 0.25) is 0 Å². The van der Waals surface area contributed by atoms with E-state index in [0.717, 1.165) is 33.4 Å². The van der Waals surface area contributed by atoms with Gasteiger partial charge in [0.2, 0.25) is 0 Å². The molecule has 10 atom stereocenters. The molecule has 1 fully saturated rings. The Hall–Kier alpha value is -6.18. The summed E-state index contributed by atoms with van der Waals surface area (Å²) in [5.74, 6) is -2.92. The second kappa shape index (κ2) is 28.6. The third-order valence-electron chi connectivity index (χ3n) is 13.4. The van der Waals surface area contributed by atoms with Gasteiger partial charge in [0.05, 0.1) is 39.6 Å². The van der Waals surface area contributed by atoms with E-state index < -0.39 is 63.5 Å². The number of hydrogen-bond donors (Lipinski definition) is 2. The van der Waals surface area contributed by atoms with Crippen LogP contribution in [-0.2, 0) is 99.1 Å². The fourth-order valence-electron chi connectivity index (χ4n) is 9.37. The molecule has 0 saturated heterocycles. The molecule has 1 aliphatic carbocycles. The molecule has 8 aromatic carbocycles. The molecule has 1 saturated carbocycles. The Morgan fingerprint density at radius 3 is 0.705 bits per heavy atom. The van der Waals surface area contributed by atoms with E-state index in [0.29, 0.717) is 11.1 Å². The van der Waals surface area contributed by atoms with Crippen molar-refractivity contribution in [3.05, 3.63) is 287 Å². The van der Waals surface area contributed by atoms with E-state index in [9.17, 15) is 9.79 Å². The molecule has 78 heavy (non-hydrogen) atoms. The molecule has 0 aromatic heterocycles. The van der Waals surface area contributed by atoms with Crippen molar-refractivity contribution in [2.24, 2.45) is 0 Å². The number of hydrogen-bond acceptors (Lipinski definition) is 10. The van der Waals surface area contributed by atoms with Crippen LogP contribution < -0.4 is 0 Å². The van der Waals surface area contributed by atoms with Crippen molar-refractivity contribution in [1.29, 1.82) is 0 Å². The Morgan fingerprint density at radius 2 is 0.474 bits per heavy atom. The number of ether oxygens (including phenoxy) is 6. The predicted molar refractivity (Wildman–Crippen MR) is 300 cm³/mol. The second-order valence-electron chi connectivity index (χ2n) is 19.2. The highest BCUT2D eigenvalue weighted by atomic mass is 31.2. The molecule has 0 amide bonds. The Bertz CT molecular complexity index is 2850. The lowest BCUT2D eigenvalue weighted by Crippen LogP contribution is -2.67. The van der Waals surface area contributed by atoms with E-state index in [1.165, 1.54) is 0 Å². The summed E-state index contributed by atoms with van der Waals surface area (Å²) in [5.41, 5.74) is 6.14.